The van der Waals surface area contributed by atoms with Gasteiger partial charge in [0.25, 0.3) is 10.0 Å². The van der Waals surface area contributed by atoms with Crippen molar-refractivity contribution in [3.63, 3.8) is 0 Å². The number of ether oxygens (including phenoxy) is 1. The first-order valence-corrected chi connectivity index (χ1v) is 12.4. The summed E-state index contributed by atoms with van der Waals surface area (Å²) in [6.07, 6.45) is 1.37. The van der Waals surface area contributed by atoms with Crippen LogP contribution in [0, 0.1) is 13.8 Å². The number of furan rings is 1. The van der Waals surface area contributed by atoms with E-state index in [1.165, 1.54) is 17.7 Å². The first-order chi connectivity index (χ1) is 16.7. The van der Waals surface area contributed by atoms with Crippen molar-refractivity contribution in [1.82, 2.24) is 10.6 Å². The molecule has 10 heteroatoms. The second-order valence-electron chi connectivity index (χ2n) is 7.90. The van der Waals surface area contributed by atoms with E-state index in [0.717, 1.165) is 11.1 Å². The van der Waals surface area contributed by atoms with Crippen LogP contribution >= 0.6 is 0 Å². The zero-order chi connectivity index (χ0) is 25.4. The van der Waals surface area contributed by atoms with Gasteiger partial charge in [0, 0.05) is 13.0 Å². The van der Waals surface area contributed by atoms with Crippen molar-refractivity contribution in [3.05, 3.63) is 77.7 Å². The minimum Gasteiger partial charge on any atom is -0.497 e. The van der Waals surface area contributed by atoms with E-state index in [-0.39, 0.29) is 36.9 Å². The van der Waals surface area contributed by atoms with Crippen LogP contribution in [0.1, 0.15) is 23.3 Å². The molecule has 0 aliphatic heterocycles. The molecule has 2 N–H and O–H groups in total. The molecule has 1 aromatic heterocycles. The highest BCUT2D eigenvalue weighted by Gasteiger charge is 2.26. The smallest absolute Gasteiger partial charge is 0.264 e. The number of anilines is 1. The van der Waals surface area contributed by atoms with Crippen LogP contribution in [-0.4, -0.2) is 40.4 Å². The lowest BCUT2D eigenvalue weighted by atomic mass is 10.1. The molecule has 0 saturated carbocycles. The van der Waals surface area contributed by atoms with Gasteiger partial charge in [0.15, 0.2) is 0 Å². The van der Waals surface area contributed by atoms with Gasteiger partial charge in [-0.25, -0.2) is 8.42 Å². The van der Waals surface area contributed by atoms with Crippen molar-refractivity contribution in [1.29, 1.82) is 0 Å². The highest BCUT2D eigenvalue weighted by Crippen LogP contribution is 2.27. The second kappa shape index (κ2) is 11.6. The fourth-order valence-corrected chi connectivity index (χ4v) is 4.82. The topological polar surface area (TPSA) is 118 Å². The molecule has 35 heavy (non-hydrogen) atoms. The zero-order valence-electron chi connectivity index (χ0n) is 19.9. The van der Waals surface area contributed by atoms with Crippen molar-refractivity contribution in [2.24, 2.45) is 0 Å². The SMILES string of the molecule is COc1ccc(N(CCC(=O)NCC(=O)NCc2ccco2)S(=O)(=O)c2ccc(C)c(C)c2)cc1. The summed E-state index contributed by atoms with van der Waals surface area (Å²) in [4.78, 5) is 24.5. The summed E-state index contributed by atoms with van der Waals surface area (Å²) in [5, 5.41) is 5.15. The van der Waals surface area contributed by atoms with E-state index in [4.69, 9.17) is 9.15 Å². The molecule has 0 spiro atoms. The van der Waals surface area contributed by atoms with Gasteiger partial charge in [-0.2, -0.15) is 0 Å². The van der Waals surface area contributed by atoms with Crippen LogP contribution in [0.15, 0.2) is 70.2 Å². The molecule has 0 aliphatic rings. The molecular formula is C25H29N3O6S. The van der Waals surface area contributed by atoms with Crippen LogP contribution in [0.5, 0.6) is 5.75 Å². The van der Waals surface area contributed by atoms with Gasteiger partial charge in [-0.3, -0.25) is 13.9 Å². The zero-order valence-corrected chi connectivity index (χ0v) is 20.7. The third kappa shape index (κ3) is 6.86. The number of rotatable bonds is 11. The number of nitrogens with one attached hydrogen (secondary N) is 2. The maximum atomic E-state index is 13.5. The number of hydrogen-bond donors (Lipinski definition) is 2. The molecule has 0 fully saturated rings. The fraction of sp³-hybridized carbons (Fsp3) is 0.280. The maximum Gasteiger partial charge on any atom is 0.264 e. The highest BCUT2D eigenvalue weighted by molar-refractivity contribution is 7.92. The molecule has 0 saturated heterocycles. The quantitative estimate of drug-likeness (QED) is 0.419. The van der Waals surface area contributed by atoms with Crippen LogP contribution in [-0.2, 0) is 26.2 Å². The standard InChI is InChI=1S/C25H29N3O6S/c1-18-6-11-23(15-19(18)2)35(31,32)28(20-7-9-21(33-3)10-8-20)13-12-24(29)27-17-25(30)26-16-22-5-4-14-34-22/h4-11,14-15H,12-13,16-17H2,1-3H3,(H,26,30)(H,27,29). The van der Waals surface area contributed by atoms with E-state index in [0.29, 0.717) is 17.2 Å². The summed E-state index contributed by atoms with van der Waals surface area (Å²) < 4.78 is 38.5. The lowest BCUT2D eigenvalue weighted by Crippen LogP contribution is -2.39. The summed E-state index contributed by atoms with van der Waals surface area (Å²) in [6.45, 7) is 3.62. The predicted molar refractivity (Wildman–Crippen MR) is 132 cm³/mol. The van der Waals surface area contributed by atoms with Gasteiger partial charge in [0.2, 0.25) is 11.8 Å². The molecular weight excluding hydrogens is 470 g/mol. The molecule has 3 rings (SSSR count). The highest BCUT2D eigenvalue weighted by atomic mass is 32.2. The first kappa shape index (κ1) is 25.8. The molecule has 3 aromatic rings. The number of aryl methyl sites for hydroxylation is 2. The summed E-state index contributed by atoms with van der Waals surface area (Å²) in [6, 6.07) is 14.9. The van der Waals surface area contributed by atoms with Crippen molar-refractivity contribution < 1.29 is 27.2 Å². The van der Waals surface area contributed by atoms with Crippen LogP contribution in [0.2, 0.25) is 0 Å². The average molecular weight is 500 g/mol. The largest absolute Gasteiger partial charge is 0.497 e. The van der Waals surface area contributed by atoms with Gasteiger partial charge >= 0.3 is 0 Å². The lowest BCUT2D eigenvalue weighted by Gasteiger charge is -2.25. The minimum atomic E-state index is -3.95. The van der Waals surface area contributed by atoms with Crippen molar-refractivity contribution in [2.45, 2.75) is 31.7 Å². The number of sulfonamides is 1. The van der Waals surface area contributed by atoms with Crippen molar-refractivity contribution >= 4 is 27.5 Å². The Morgan fingerprint density at radius 1 is 0.971 bits per heavy atom. The van der Waals surface area contributed by atoms with Gasteiger partial charge in [0.1, 0.15) is 11.5 Å². The summed E-state index contributed by atoms with van der Waals surface area (Å²) in [5.41, 5.74) is 2.22. The molecule has 0 bridgehead atoms. The van der Waals surface area contributed by atoms with Crippen molar-refractivity contribution in [2.75, 3.05) is 24.5 Å². The molecule has 0 atom stereocenters. The van der Waals surface area contributed by atoms with E-state index in [1.807, 2.05) is 13.8 Å². The number of nitrogens with zero attached hydrogens (tertiary/aromatic N) is 1. The predicted octanol–water partition coefficient (Wildman–Crippen LogP) is 2.92. The minimum absolute atomic E-state index is 0.110. The van der Waals surface area contributed by atoms with Crippen LogP contribution in [0.3, 0.4) is 0 Å². The number of carbonyl (C=O) groups is 2. The Labute approximate surface area is 205 Å². The van der Waals surface area contributed by atoms with Gasteiger partial charge in [-0.1, -0.05) is 6.07 Å². The van der Waals surface area contributed by atoms with Crippen LogP contribution in [0.4, 0.5) is 5.69 Å². The number of amides is 2. The molecule has 2 amide bonds. The molecule has 1 heterocycles. The van der Waals surface area contributed by atoms with Crippen LogP contribution in [0.25, 0.3) is 0 Å². The number of carbonyl (C=O) groups excluding carboxylic acids is 2. The Bertz CT molecular complexity index is 1250. The normalized spacial score (nSPS) is 11.1. The fourth-order valence-electron chi connectivity index (χ4n) is 3.27. The Hall–Kier alpha value is -3.79. The molecule has 0 radical (unpaired) electrons. The summed E-state index contributed by atoms with van der Waals surface area (Å²) in [7, 11) is -2.43. The van der Waals surface area contributed by atoms with Gasteiger partial charge in [-0.15, -0.1) is 0 Å². The van der Waals surface area contributed by atoms with Crippen LogP contribution < -0.4 is 19.7 Å². The van der Waals surface area contributed by atoms with E-state index in [1.54, 1.807) is 54.6 Å². The van der Waals surface area contributed by atoms with E-state index >= 15 is 0 Å². The maximum absolute atomic E-state index is 13.5. The summed E-state index contributed by atoms with van der Waals surface area (Å²) in [5.74, 6) is 0.336. The third-order valence-electron chi connectivity index (χ3n) is 5.45. The molecule has 0 aliphatic carbocycles. The number of methoxy groups -OCH3 is 1. The van der Waals surface area contributed by atoms with Gasteiger partial charge in [0.05, 0.1) is 37.0 Å². The van der Waals surface area contributed by atoms with E-state index in [2.05, 4.69) is 10.6 Å². The Balaban J connectivity index is 1.68. The number of benzene rings is 2. The molecule has 186 valence electrons. The van der Waals surface area contributed by atoms with E-state index in [9.17, 15) is 18.0 Å². The Kier molecular flexibility index (Phi) is 8.53. The lowest BCUT2D eigenvalue weighted by molar-refractivity contribution is -0.126. The first-order valence-electron chi connectivity index (χ1n) is 11.0. The molecule has 9 nitrogen and oxygen atoms in total. The van der Waals surface area contributed by atoms with Gasteiger partial charge in [-0.05, 0) is 73.5 Å². The Morgan fingerprint density at radius 2 is 1.71 bits per heavy atom. The van der Waals surface area contributed by atoms with E-state index < -0.39 is 15.9 Å². The molecule has 0 unspecified atom stereocenters. The second-order valence-corrected chi connectivity index (χ2v) is 9.77. The third-order valence-corrected chi connectivity index (χ3v) is 7.28. The molecule has 2 aromatic carbocycles. The average Bonchev–Trinajstić information content (AvgIpc) is 3.37. The monoisotopic (exact) mass is 499 g/mol. The number of hydrogen-bond acceptors (Lipinski definition) is 6. The Morgan fingerprint density at radius 3 is 2.34 bits per heavy atom. The summed E-state index contributed by atoms with van der Waals surface area (Å²) >= 11 is 0. The van der Waals surface area contributed by atoms with Crippen molar-refractivity contribution in [3.8, 4) is 5.75 Å². The van der Waals surface area contributed by atoms with Gasteiger partial charge < -0.3 is 19.8 Å².